The van der Waals surface area contributed by atoms with Crippen molar-refractivity contribution in [2.24, 2.45) is 0 Å². The summed E-state index contributed by atoms with van der Waals surface area (Å²) in [5.41, 5.74) is 0.987. The molecule has 0 aliphatic rings. The zero-order valence-electron chi connectivity index (χ0n) is 26.9. The number of benzene rings is 8. The first kappa shape index (κ1) is 30.0. The van der Waals surface area contributed by atoms with Crippen molar-refractivity contribution >= 4 is 80.2 Å². The summed E-state index contributed by atoms with van der Waals surface area (Å²) in [7, 11) is -1.20. The highest BCUT2D eigenvalue weighted by atomic mass is 31.1. The monoisotopic (exact) mass is 640 g/mol. The Morgan fingerprint density at radius 1 is 0.319 bits per heavy atom. The van der Waals surface area contributed by atoms with Gasteiger partial charge in [0.1, 0.15) is 0 Å². The first-order valence-electron chi connectivity index (χ1n) is 16.6. The maximum absolute atomic E-state index is 2.51. The minimum atomic E-state index is -0.600. The molecule has 2 heteroatoms. The van der Waals surface area contributed by atoms with Crippen LogP contribution in [0.3, 0.4) is 0 Å². The van der Waals surface area contributed by atoms with Crippen LogP contribution in [0.15, 0.2) is 170 Å². The minimum Gasteiger partial charge on any atom is -0.0616 e. The fraction of sp³-hybridized carbons (Fsp3) is 0.111. The third-order valence-electron chi connectivity index (χ3n) is 9.61. The van der Waals surface area contributed by atoms with Crippen LogP contribution >= 0.6 is 15.8 Å². The molecule has 0 aliphatic heterocycles. The van der Waals surface area contributed by atoms with Gasteiger partial charge in [-0.2, -0.15) is 0 Å². The van der Waals surface area contributed by atoms with Gasteiger partial charge in [-0.3, -0.25) is 0 Å². The summed E-state index contributed by atoms with van der Waals surface area (Å²) < 4.78 is 0. The summed E-state index contributed by atoms with van der Waals surface area (Å²) in [5.74, 6) is 0. The van der Waals surface area contributed by atoms with Crippen molar-refractivity contribution in [3.8, 4) is 0 Å². The lowest BCUT2D eigenvalue weighted by molar-refractivity contribution is 0.793. The van der Waals surface area contributed by atoms with Crippen molar-refractivity contribution < 1.29 is 0 Å². The van der Waals surface area contributed by atoms with Crippen molar-refractivity contribution in [2.75, 3.05) is 0 Å². The highest BCUT2D eigenvalue weighted by Gasteiger charge is 2.28. The Kier molecular flexibility index (Phi) is 8.33. The molecule has 0 heterocycles. The van der Waals surface area contributed by atoms with E-state index >= 15 is 0 Å². The second-order valence-electron chi connectivity index (χ2n) is 12.8. The average molecular weight is 641 g/mol. The van der Waals surface area contributed by atoms with Gasteiger partial charge < -0.3 is 0 Å². The first-order valence-corrected chi connectivity index (χ1v) is 19.5. The van der Waals surface area contributed by atoms with Gasteiger partial charge in [0, 0.05) is 0 Å². The van der Waals surface area contributed by atoms with Crippen molar-refractivity contribution in [3.63, 3.8) is 0 Å². The third-order valence-corrected chi connectivity index (χ3v) is 15.1. The van der Waals surface area contributed by atoms with Crippen molar-refractivity contribution in [3.05, 3.63) is 170 Å². The molecule has 0 amide bonds. The first-order chi connectivity index (χ1) is 23.1. The Labute approximate surface area is 280 Å². The van der Waals surface area contributed by atoms with E-state index < -0.39 is 15.8 Å². The number of fused-ring (bicyclic) bond motifs is 4. The zero-order valence-corrected chi connectivity index (χ0v) is 28.7. The van der Waals surface area contributed by atoms with Gasteiger partial charge in [-0.05, 0) is 122 Å². The van der Waals surface area contributed by atoms with Crippen LogP contribution in [0, 0.1) is 0 Å². The van der Waals surface area contributed by atoms with Gasteiger partial charge in [-0.25, -0.2) is 0 Å². The summed E-state index contributed by atoms with van der Waals surface area (Å²) in [6, 6.07) is 63.9. The molecule has 0 unspecified atom stereocenters. The smallest absolute Gasteiger partial charge is 0.0151 e. The van der Waals surface area contributed by atoms with Crippen LogP contribution < -0.4 is 21.2 Å². The van der Waals surface area contributed by atoms with Gasteiger partial charge in [-0.15, -0.1) is 0 Å². The Bertz CT molecular complexity index is 2030. The Balaban J connectivity index is 1.21. The van der Waals surface area contributed by atoms with E-state index in [9.17, 15) is 0 Å². The highest BCUT2D eigenvalue weighted by molar-refractivity contribution is 7.74. The summed E-state index contributed by atoms with van der Waals surface area (Å²) in [5, 5.41) is 16.4. The summed E-state index contributed by atoms with van der Waals surface area (Å²) >= 11 is 0. The molecule has 0 saturated heterocycles. The quantitative estimate of drug-likeness (QED) is 0.145. The molecule has 2 atom stereocenters. The molecule has 0 saturated carbocycles. The minimum absolute atomic E-state index is 0.494. The summed E-state index contributed by atoms with van der Waals surface area (Å²) in [4.78, 5) is 0. The van der Waals surface area contributed by atoms with Crippen LogP contribution in [-0.2, 0) is 0 Å². The Morgan fingerprint density at radius 2 is 0.553 bits per heavy atom. The van der Waals surface area contributed by atoms with Crippen LogP contribution in [0.4, 0.5) is 0 Å². The molecule has 0 bridgehead atoms. The standard InChI is InChI=1S/C45H38P2/c1-32(46(42-23-19-34-11-3-7-15-38(34)28-42)43-24-20-35-12-4-8-16-39(35)29-43)27-33(2)47(44-25-21-36-13-5-9-17-40(36)30-44)45-26-22-37-14-6-10-18-41(37)31-45/h3-26,28-33H,27H2,1-2H3/t32-,33-/m1/s1. The van der Waals surface area contributed by atoms with E-state index in [1.165, 1.54) is 64.3 Å². The highest BCUT2D eigenvalue weighted by Crippen LogP contribution is 2.49. The van der Waals surface area contributed by atoms with Gasteiger partial charge in [-0.1, -0.05) is 159 Å². The van der Waals surface area contributed by atoms with Crippen LogP contribution in [0.2, 0.25) is 0 Å². The Morgan fingerprint density at radius 3 is 0.809 bits per heavy atom. The van der Waals surface area contributed by atoms with Crippen molar-refractivity contribution in [2.45, 2.75) is 31.6 Å². The second-order valence-corrected chi connectivity index (χ2v) is 18.1. The normalized spacial score (nSPS) is 13.2. The fourth-order valence-corrected chi connectivity index (χ4v) is 13.2. The molecule has 0 spiro atoms. The number of rotatable bonds is 8. The lowest BCUT2D eigenvalue weighted by Crippen LogP contribution is -2.26. The predicted octanol–water partition coefficient (Wildman–Crippen LogP) is 11.0. The average Bonchev–Trinajstić information content (AvgIpc) is 3.11. The van der Waals surface area contributed by atoms with Gasteiger partial charge in [0.2, 0.25) is 0 Å². The largest absolute Gasteiger partial charge is 0.0616 e. The van der Waals surface area contributed by atoms with E-state index in [4.69, 9.17) is 0 Å². The van der Waals surface area contributed by atoms with Gasteiger partial charge >= 0.3 is 0 Å². The van der Waals surface area contributed by atoms with E-state index in [-0.39, 0.29) is 0 Å². The molecular weight excluding hydrogens is 602 g/mol. The number of hydrogen-bond donors (Lipinski definition) is 0. The molecule has 0 fully saturated rings. The van der Waals surface area contributed by atoms with Gasteiger partial charge in [0.15, 0.2) is 0 Å². The van der Waals surface area contributed by atoms with Crippen LogP contribution in [0.25, 0.3) is 43.1 Å². The van der Waals surface area contributed by atoms with Gasteiger partial charge in [0.05, 0.1) is 0 Å². The molecule has 228 valence electrons. The maximum Gasteiger partial charge on any atom is -0.0151 e. The van der Waals surface area contributed by atoms with Crippen molar-refractivity contribution in [1.29, 1.82) is 0 Å². The van der Waals surface area contributed by atoms with Crippen LogP contribution in [0.1, 0.15) is 20.3 Å². The van der Waals surface area contributed by atoms with E-state index in [1.807, 2.05) is 0 Å². The van der Waals surface area contributed by atoms with Crippen LogP contribution in [-0.4, -0.2) is 11.3 Å². The molecule has 8 rings (SSSR count). The van der Waals surface area contributed by atoms with Crippen molar-refractivity contribution in [1.82, 2.24) is 0 Å². The van der Waals surface area contributed by atoms with Gasteiger partial charge in [0.25, 0.3) is 0 Å². The van der Waals surface area contributed by atoms with E-state index in [1.54, 1.807) is 0 Å². The van der Waals surface area contributed by atoms with E-state index in [2.05, 4.69) is 184 Å². The zero-order chi connectivity index (χ0) is 31.7. The topological polar surface area (TPSA) is 0 Å². The maximum atomic E-state index is 2.51. The predicted molar refractivity (Wildman–Crippen MR) is 212 cm³/mol. The molecule has 0 aromatic heterocycles. The summed E-state index contributed by atoms with van der Waals surface area (Å²) in [6.45, 7) is 5.03. The summed E-state index contributed by atoms with van der Waals surface area (Å²) in [6.07, 6.45) is 1.15. The van der Waals surface area contributed by atoms with E-state index in [0.717, 1.165) is 6.42 Å². The molecular formula is C45H38P2. The lowest BCUT2D eigenvalue weighted by atomic mass is 10.1. The molecule has 0 radical (unpaired) electrons. The second kappa shape index (κ2) is 13.0. The SMILES string of the molecule is C[C@H](C[C@@H](C)P(c1ccc2ccccc2c1)c1ccc2ccccc2c1)P(c1ccc2ccccc2c1)c1ccc2ccccc2c1. The fourth-order valence-electron chi connectivity index (χ4n) is 7.33. The van der Waals surface area contributed by atoms with E-state index in [0.29, 0.717) is 11.3 Å². The molecule has 47 heavy (non-hydrogen) atoms. The third kappa shape index (κ3) is 6.10. The molecule has 8 aromatic carbocycles. The molecule has 0 aliphatic carbocycles. The molecule has 8 aromatic rings. The molecule has 0 N–H and O–H groups in total. The number of hydrogen-bond acceptors (Lipinski definition) is 0. The van der Waals surface area contributed by atoms with Crippen LogP contribution in [0.5, 0.6) is 0 Å². The lowest BCUT2D eigenvalue weighted by Gasteiger charge is -2.32. The molecule has 0 nitrogen and oxygen atoms in total. The Hall–Kier alpha value is -4.34.